The quantitative estimate of drug-likeness (QED) is 0.641. The van der Waals surface area contributed by atoms with Gasteiger partial charge < -0.3 is 4.74 Å². The molecule has 1 saturated heterocycles. The SMILES string of the molecule is Cc1ccc(S(=O)(=O)O)cc1.N=C=NCCN1CCOCC1. The average molecular weight is 327 g/mol. The standard InChI is InChI=1S/C7H13N3O.C7H8O3S/c8-7-9-1-2-10-3-5-11-6-4-10;1-6-2-4-7(5-3-6)11(8,9)10/h8H,1-6H2;2-5H,1H3,(H,8,9,10). The zero-order valence-electron chi connectivity index (χ0n) is 12.5. The summed E-state index contributed by atoms with van der Waals surface area (Å²) >= 11 is 0. The highest BCUT2D eigenvalue weighted by Crippen LogP contribution is 2.08. The predicted molar refractivity (Wildman–Crippen MR) is 83.3 cm³/mol. The molecule has 0 atom stereocenters. The Morgan fingerprint density at radius 1 is 1.32 bits per heavy atom. The second-order valence-electron chi connectivity index (χ2n) is 4.74. The fourth-order valence-electron chi connectivity index (χ4n) is 1.78. The highest BCUT2D eigenvalue weighted by molar-refractivity contribution is 7.85. The van der Waals surface area contributed by atoms with Crippen molar-refractivity contribution >= 4 is 16.1 Å². The Morgan fingerprint density at radius 3 is 2.41 bits per heavy atom. The molecule has 0 amide bonds. The topological polar surface area (TPSA) is 103 Å². The summed E-state index contributed by atoms with van der Waals surface area (Å²) in [6, 6.07) is 8.01. The number of rotatable bonds is 4. The summed E-state index contributed by atoms with van der Waals surface area (Å²) in [5.74, 6) is 0. The van der Waals surface area contributed by atoms with Gasteiger partial charge in [0.15, 0.2) is 0 Å². The van der Waals surface area contributed by atoms with Crippen molar-refractivity contribution < 1.29 is 17.7 Å². The summed E-state index contributed by atoms with van der Waals surface area (Å²) in [6.45, 7) is 7.09. The van der Waals surface area contributed by atoms with Crippen molar-refractivity contribution in [2.75, 3.05) is 39.4 Å². The molecule has 0 aliphatic carbocycles. The summed E-state index contributed by atoms with van der Waals surface area (Å²) in [4.78, 5) is 5.92. The number of aryl methyl sites for hydroxylation is 1. The monoisotopic (exact) mass is 327 g/mol. The third kappa shape index (κ3) is 7.44. The van der Waals surface area contributed by atoms with E-state index in [0.717, 1.165) is 38.4 Å². The number of nitrogens with zero attached hydrogens (tertiary/aromatic N) is 2. The van der Waals surface area contributed by atoms with Crippen molar-refractivity contribution in [3.05, 3.63) is 29.8 Å². The van der Waals surface area contributed by atoms with Crippen LogP contribution in [-0.2, 0) is 14.9 Å². The molecule has 0 spiro atoms. The number of hydrogen-bond acceptors (Lipinski definition) is 6. The highest BCUT2D eigenvalue weighted by atomic mass is 32.2. The van der Waals surface area contributed by atoms with Crippen molar-refractivity contribution in [2.24, 2.45) is 4.99 Å². The van der Waals surface area contributed by atoms with Gasteiger partial charge >= 0.3 is 0 Å². The van der Waals surface area contributed by atoms with Crippen LogP contribution in [0.4, 0.5) is 0 Å². The van der Waals surface area contributed by atoms with E-state index in [1.807, 2.05) is 12.9 Å². The number of ether oxygens (including phenoxy) is 1. The third-order valence-electron chi connectivity index (χ3n) is 3.03. The smallest absolute Gasteiger partial charge is 0.294 e. The van der Waals surface area contributed by atoms with Crippen molar-refractivity contribution in [3.63, 3.8) is 0 Å². The van der Waals surface area contributed by atoms with Gasteiger partial charge in [0.05, 0.1) is 30.7 Å². The van der Waals surface area contributed by atoms with Gasteiger partial charge in [-0.2, -0.15) is 8.42 Å². The van der Waals surface area contributed by atoms with Crippen molar-refractivity contribution in [1.82, 2.24) is 4.90 Å². The minimum atomic E-state index is -4.02. The lowest BCUT2D eigenvalue weighted by Gasteiger charge is -2.25. The largest absolute Gasteiger partial charge is 0.379 e. The van der Waals surface area contributed by atoms with E-state index in [9.17, 15) is 8.42 Å². The first-order valence-corrected chi connectivity index (χ1v) is 8.30. The van der Waals surface area contributed by atoms with Gasteiger partial charge in [-0.3, -0.25) is 9.45 Å². The second-order valence-corrected chi connectivity index (χ2v) is 6.16. The molecule has 122 valence electrons. The molecule has 0 bridgehead atoms. The van der Waals surface area contributed by atoms with Gasteiger partial charge in [0, 0.05) is 19.6 Å². The molecule has 8 heteroatoms. The maximum Gasteiger partial charge on any atom is 0.294 e. The number of hydrogen-bond donors (Lipinski definition) is 2. The lowest BCUT2D eigenvalue weighted by Crippen LogP contribution is -2.37. The van der Waals surface area contributed by atoms with Crippen molar-refractivity contribution in [3.8, 4) is 0 Å². The summed E-state index contributed by atoms with van der Waals surface area (Å²) in [6.07, 6.45) is 0. The summed E-state index contributed by atoms with van der Waals surface area (Å²) < 4.78 is 34.7. The van der Waals surface area contributed by atoms with Crippen LogP contribution in [0.1, 0.15) is 5.56 Å². The van der Waals surface area contributed by atoms with E-state index >= 15 is 0 Å². The molecule has 2 rings (SSSR count). The Kier molecular flexibility index (Phi) is 7.94. The van der Waals surface area contributed by atoms with Crippen LogP contribution in [0.25, 0.3) is 0 Å². The highest BCUT2D eigenvalue weighted by Gasteiger charge is 2.08. The Bertz CT molecular complexity index is 589. The van der Waals surface area contributed by atoms with E-state index in [1.165, 1.54) is 12.1 Å². The number of morpholine rings is 1. The first-order valence-electron chi connectivity index (χ1n) is 6.86. The van der Waals surface area contributed by atoms with Crippen LogP contribution in [0.3, 0.4) is 0 Å². The first kappa shape index (κ1) is 18.5. The Hall–Kier alpha value is -1.57. The molecule has 0 unspecified atom stereocenters. The van der Waals surface area contributed by atoms with E-state index in [4.69, 9.17) is 14.7 Å². The maximum absolute atomic E-state index is 10.5. The second kappa shape index (κ2) is 9.45. The van der Waals surface area contributed by atoms with E-state index in [-0.39, 0.29) is 4.90 Å². The summed E-state index contributed by atoms with van der Waals surface area (Å²) in [7, 11) is -4.02. The van der Waals surface area contributed by atoms with Gasteiger partial charge in [0.25, 0.3) is 10.1 Å². The molecule has 1 aliphatic heterocycles. The zero-order valence-corrected chi connectivity index (χ0v) is 13.3. The first-order chi connectivity index (χ1) is 10.4. The van der Waals surface area contributed by atoms with Gasteiger partial charge in [-0.25, -0.2) is 10.4 Å². The molecule has 0 radical (unpaired) electrons. The minimum absolute atomic E-state index is 0.0666. The minimum Gasteiger partial charge on any atom is -0.379 e. The average Bonchev–Trinajstić information content (AvgIpc) is 2.49. The van der Waals surface area contributed by atoms with Crippen LogP contribution in [0.5, 0.6) is 0 Å². The molecule has 1 aromatic carbocycles. The third-order valence-corrected chi connectivity index (χ3v) is 3.90. The summed E-state index contributed by atoms with van der Waals surface area (Å²) in [5.41, 5.74) is 0.956. The van der Waals surface area contributed by atoms with Gasteiger partial charge in [-0.05, 0) is 19.1 Å². The molecule has 1 aromatic rings. The lowest BCUT2D eigenvalue weighted by atomic mass is 10.2. The number of aliphatic imine (C=N–C) groups is 1. The van der Waals surface area contributed by atoms with Gasteiger partial charge in [0.2, 0.25) is 0 Å². The normalized spacial score (nSPS) is 15.4. The number of benzene rings is 1. The van der Waals surface area contributed by atoms with E-state index in [0.29, 0.717) is 6.54 Å². The fraction of sp³-hybridized carbons (Fsp3) is 0.500. The molecule has 22 heavy (non-hydrogen) atoms. The molecule has 0 saturated carbocycles. The van der Waals surface area contributed by atoms with Gasteiger partial charge in [0.1, 0.15) is 0 Å². The Balaban J connectivity index is 0.000000220. The Morgan fingerprint density at radius 2 is 1.91 bits per heavy atom. The van der Waals surface area contributed by atoms with Crippen LogP contribution < -0.4 is 0 Å². The molecule has 7 nitrogen and oxygen atoms in total. The van der Waals surface area contributed by atoms with E-state index in [1.54, 1.807) is 12.1 Å². The zero-order chi connectivity index (χ0) is 16.4. The molecular formula is C14H21N3O4S. The Labute approximate surface area is 130 Å². The molecule has 1 aliphatic rings. The van der Waals surface area contributed by atoms with Crippen LogP contribution in [-0.4, -0.2) is 63.3 Å². The number of nitrogens with one attached hydrogen (secondary N) is 1. The molecular weight excluding hydrogens is 306 g/mol. The van der Waals surface area contributed by atoms with Crippen LogP contribution in [0.2, 0.25) is 0 Å². The molecule has 2 N–H and O–H groups in total. The van der Waals surface area contributed by atoms with E-state index in [2.05, 4.69) is 9.89 Å². The van der Waals surface area contributed by atoms with Crippen LogP contribution in [0, 0.1) is 12.3 Å². The van der Waals surface area contributed by atoms with Crippen molar-refractivity contribution in [1.29, 1.82) is 5.41 Å². The molecule has 1 heterocycles. The maximum atomic E-state index is 10.5. The van der Waals surface area contributed by atoms with Crippen LogP contribution >= 0.6 is 0 Å². The fourth-order valence-corrected chi connectivity index (χ4v) is 2.26. The molecule has 1 fully saturated rings. The summed E-state index contributed by atoms with van der Waals surface area (Å²) in [5, 5.41) is 6.56. The van der Waals surface area contributed by atoms with Gasteiger partial charge in [-0.1, -0.05) is 17.7 Å². The predicted octanol–water partition coefficient (Wildman–Crippen LogP) is 1.31. The van der Waals surface area contributed by atoms with Crippen LogP contribution in [0.15, 0.2) is 34.2 Å². The van der Waals surface area contributed by atoms with Gasteiger partial charge in [-0.15, -0.1) is 0 Å². The lowest BCUT2D eigenvalue weighted by molar-refractivity contribution is 0.0395. The van der Waals surface area contributed by atoms with E-state index < -0.39 is 10.1 Å². The van der Waals surface area contributed by atoms with Crippen molar-refractivity contribution in [2.45, 2.75) is 11.8 Å². The molecule has 0 aromatic heterocycles.